The van der Waals surface area contributed by atoms with Crippen molar-refractivity contribution in [1.82, 2.24) is 10.0 Å². The minimum atomic E-state index is -3.40. The molecule has 1 saturated carbocycles. The lowest BCUT2D eigenvalue weighted by Crippen LogP contribution is -2.34. The van der Waals surface area contributed by atoms with Gasteiger partial charge in [0.1, 0.15) is 0 Å². The number of hydrogen-bond donors (Lipinski definition) is 2. The molecule has 0 unspecified atom stereocenters. The minimum absolute atomic E-state index is 0.346. The van der Waals surface area contributed by atoms with E-state index in [4.69, 9.17) is 4.99 Å². The van der Waals surface area contributed by atoms with Gasteiger partial charge in [0.2, 0.25) is 10.0 Å². The summed E-state index contributed by atoms with van der Waals surface area (Å²) in [5, 5.41) is 3.67. The average Bonchev–Trinajstić information content (AvgIpc) is 3.26. The Bertz CT molecular complexity index is 1060. The third-order valence-electron chi connectivity index (χ3n) is 7.54. The van der Waals surface area contributed by atoms with Crippen LogP contribution in [0.2, 0.25) is 0 Å². The predicted octanol–water partition coefficient (Wildman–Crippen LogP) is 4.26. The zero-order valence-corrected chi connectivity index (χ0v) is 19.4. The molecule has 0 saturated heterocycles. The molecule has 0 amide bonds. The molecule has 2 aromatic rings. The molecule has 3 aliphatic rings. The predicted molar refractivity (Wildman–Crippen MR) is 128 cm³/mol. The summed E-state index contributed by atoms with van der Waals surface area (Å²) < 4.78 is 27.7. The molecular weight excluding hydrogens is 418 g/mol. The summed E-state index contributed by atoms with van der Waals surface area (Å²) in [6, 6.07) is 18.0. The maximum absolute atomic E-state index is 12.4. The first-order valence-corrected chi connectivity index (χ1v) is 13.5. The second-order valence-electron chi connectivity index (χ2n) is 9.62. The van der Waals surface area contributed by atoms with Crippen LogP contribution in [-0.2, 0) is 16.4 Å². The van der Waals surface area contributed by atoms with E-state index in [9.17, 15) is 8.42 Å². The quantitative estimate of drug-likeness (QED) is 0.689. The smallest absolute Gasteiger partial charge is 0.240 e. The van der Waals surface area contributed by atoms with Crippen molar-refractivity contribution in [1.29, 1.82) is 0 Å². The highest BCUT2D eigenvalue weighted by atomic mass is 32.2. The van der Waals surface area contributed by atoms with Crippen molar-refractivity contribution in [2.75, 3.05) is 13.1 Å². The zero-order chi connectivity index (χ0) is 22.0. The molecule has 1 heterocycles. The Labute approximate surface area is 191 Å². The van der Waals surface area contributed by atoms with Gasteiger partial charge in [0, 0.05) is 25.4 Å². The van der Waals surface area contributed by atoms with Gasteiger partial charge in [0.25, 0.3) is 0 Å². The zero-order valence-electron chi connectivity index (χ0n) is 18.5. The van der Waals surface area contributed by atoms with E-state index in [1.54, 1.807) is 24.3 Å². The molecular formula is C26H33N3O2S. The Morgan fingerprint density at radius 2 is 1.53 bits per heavy atom. The van der Waals surface area contributed by atoms with Gasteiger partial charge in [-0.2, -0.15) is 0 Å². The van der Waals surface area contributed by atoms with Crippen LogP contribution >= 0.6 is 0 Å². The lowest BCUT2D eigenvalue weighted by molar-refractivity contribution is 0.275. The highest BCUT2D eigenvalue weighted by Crippen LogP contribution is 2.39. The first-order chi connectivity index (χ1) is 15.6. The van der Waals surface area contributed by atoms with Gasteiger partial charge in [-0.25, -0.2) is 13.1 Å². The molecule has 2 atom stereocenters. The lowest BCUT2D eigenvalue weighted by atomic mass is 9.79. The molecule has 1 fully saturated rings. The fraction of sp³-hybridized carbons (Fsp3) is 0.500. The maximum Gasteiger partial charge on any atom is 0.240 e. The van der Waals surface area contributed by atoms with E-state index < -0.39 is 10.0 Å². The third kappa shape index (κ3) is 4.76. The van der Waals surface area contributed by atoms with E-state index in [-0.39, 0.29) is 0 Å². The van der Waals surface area contributed by atoms with Gasteiger partial charge < -0.3 is 5.32 Å². The van der Waals surface area contributed by atoms with E-state index in [2.05, 4.69) is 34.3 Å². The fourth-order valence-corrected chi connectivity index (χ4v) is 6.76. The molecule has 0 radical (unpaired) electrons. The van der Waals surface area contributed by atoms with Gasteiger partial charge in [-0.05, 0) is 73.6 Å². The SMILES string of the molecule is O=S(=O)(NC[C@H]1CC[C@H](CNC2=N[C@@H]3CCc4ccccc4[C@@H]3C2)CC1)c1ccccc1. The van der Waals surface area contributed by atoms with Gasteiger partial charge >= 0.3 is 0 Å². The van der Waals surface area contributed by atoms with Crippen LogP contribution in [0.4, 0.5) is 0 Å². The fourth-order valence-electron chi connectivity index (χ4n) is 5.63. The van der Waals surface area contributed by atoms with Gasteiger partial charge in [0.15, 0.2) is 0 Å². The van der Waals surface area contributed by atoms with Crippen LogP contribution in [0.1, 0.15) is 55.6 Å². The van der Waals surface area contributed by atoms with Crippen LogP contribution < -0.4 is 10.0 Å². The summed E-state index contributed by atoms with van der Waals surface area (Å²) in [4.78, 5) is 5.37. The number of fused-ring (bicyclic) bond motifs is 3. The van der Waals surface area contributed by atoms with Gasteiger partial charge in [-0.1, -0.05) is 42.5 Å². The van der Waals surface area contributed by atoms with Crippen molar-refractivity contribution < 1.29 is 8.42 Å². The van der Waals surface area contributed by atoms with Crippen LogP contribution in [0.25, 0.3) is 0 Å². The molecule has 5 rings (SSSR count). The summed E-state index contributed by atoms with van der Waals surface area (Å²) in [6.45, 7) is 1.52. The first kappa shape index (κ1) is 21.7. The molecule has 0 aromatic heterocycles. The molecule has 6 heteroatoms. The monoisotopic (exact) mass is 451 g/mol. The largest absolute Gasteiger partial charge is 0.374 e. The summed E-state index contributed by atoms with van der Waals surface area (Å²) in [6.07, 6.45) is 7.80. The molecule has 2 aromatic carbocycles. The molecule has 170 valence electrons. The summed E-state index contributed by atoms with van der Waals surface area (Å²) in [5.74, 6) is 2.81. The topological polar surface area (TPSA) is 70.6 Å². The maximum atomic E-state index is 12.4. The summed E-state index contributed by atoms with van der Waals surface area (Å²) in [7, 11) is -3.40. The normalized spacial score (nSPS) is 27.3. The van der Waals surface area contributed by atoms with Gasteiger partial charge in [0.05, 0.1) is 16.8 Å². The molecule has 1 aliphatic heterocycles. The number of rotatable bonds is 6. The number of aryl methyl sites for hydroxylation is 1. The van der Waals surface area contributed by atoms with Crippen LogP contribution in [0, 0.1) is 11.8 Å². The Hall–Kier alpha value is -2.18. The van der Waals surface area contributed by atoms with Gasteiger partial charge in [-0.3, -0.25) is 4.99 Å². The van der Waals surface area contributed by atoms with Crippen LogP contribution in [0.15, 0.2) is 64.5 Å². The number of hydrogen-bond acceptors (Lipinski definition) is 4. The lowest BCUT2D eigenvalue weighted by Gasteiger charge is -2.29. The minimum Gasteiger partial charge on any atom is -0.374 e. The highest BCUT2D eigenvalue weighted by Gasteiger charge is 2.35. The third-order valence-corrected chi connectivity index (χ3v) is 8.98. The van der Waals surface area contributed by atoms with E-state index in [1.165, 1.54) is 17.0 Å². The van der Waals surface area contributed by atoms with Crippen molar-refractivity contribution in [2.24, 2.45) is 16.8 Å². The number of sulfonamides is 1. The molecule has 0 spiro atoms. The summed E-state index contributed by atoms with van der Waals surface area (Å²) >= 11 is 0. The van der Waals surface area contributed by atoms with Crippen molar-refractivity contribution in [2.45, 2.75) is 61.8 Å². The Morgan fingerprint density at radius 3 is 2.31 bits per heavy atom. The molecule has 2 N–H and O–H groups in total. The number of benzene rings is 2. The number of amidine groups is 1. The second kappa shape index (κ2) is 9.36. The van der Waals surface area contributed by atoms with E-state index in [0.29, 0.717) is 35.2 Å². The molecule has 32 heavy (non-hydrogen) atoms. The van der Waals surface area contributed by atoms with Crippen LogP contribution in [0.5, 0.6) is 0 Å². The van der Waals surface area contributed by atoms with Crippen molar-refractivity contribution in [3.63, 3.8) is 0 Å². The van der Waals surface area contributed by atoms with Gasteiger partial charge in [-0.15, -0.1) is 0 Å². The van der Waals surface area contributed by atoms with E-state index in [1.807, 2.05) is 6.07 Å². The van der Waals surface area contributed by atoms with Crippen molar-refractivity contribution in [3.8, 4) is 0 Å². The van der Waals surface area contributed by atoms with E-state index >= 15 is 0 Å². The van der Waals surface area contributed by atoms with Crippen LogP contribution in [-0.4, -0.2) is 33.4 Å². The Kier molecular flexibility index (Phi) is 6.33. The molecule has 2 aliphatic carbocycles. The second-order valence-corrected chi connectivity index (χ2v) is 11.4. The highest BCUT2D eigenvalue weighted by molar-refractivity contribution is 7.89. The number of nitrogens with zero attached hydrogens (tertiary/aromatic N) is 1. The number of aliphatic imine (C=N–C) groups is 1. The summed E-state index contributed by atoms with van der Waals surface area (Å²) in [5.41, 5.74) is 3.01. The molecule has 0 bridgehead atoms. The number of nitrogens with one attached hydrogen (secondary N) is 2. The van der Waals surface area contributed by atoms with Crippen LogP contribution in [0.3, 0.4) is 0 Å². The van der Waals surface area contributed by atoms with Crippen molar-refractivity contribution >= 4 is 15.9 Å². The molecule has 5 nitrogen and oxygen atoms in total. The Balaban J connectivity index is 1.06. The Morgan fingerprint density at radius 1 is 0.844 bits per heavy atom. The average molecular weight is 452 g/mol. The van der Waals surface area contributed by atoms with Crippen molar-refractivity contribution in [3.05, 3.63) is 65.7 Å². The standard InChI is InChI=1S/C26H33N3O2S/c30-32(31,22-7-2-1-3-8-22)28-18-20-12-10-19(11-13-20)17-27-26-16-24-23-9-5-4-6-21(23)14-15-25(24)29-26/h1-9,19-20,24-25,28H,10-18H2,(H,27,29)/t19-,20-,24-,25+/m0/s1. The first-order valence-electron chi connectivity index (χ1n) is 12.0. The van der Waals surface area contributed by atoms with E-state index in [0.717, 1.165) is 51.5 Å².